The Morgan fingerprint density at radius 3 is 2.61 bits per heavy atom. The third-order valence-electron chi connectivity index (χ3n) is 4.53. The summed E-state index contributed by atoms with van der Waals surface area (Å²) in [6.45, 7) is 7.36. The number of hydrogen-bond donors (Lipinski definition) is 1. The summed E-state index contributed by atoms with van der Waals surface area (Å²) in [6, 6.07) is 2.16. The first-order valence-electron chi connectivity index (χ1n) is 7.32. The third kappa shape index (κ3) is 2.61. The van der Waals surface area contributed by atoms with Gasteiger partial charge in [0.15, 0.2) is 0 Å². The van der Waals surface area contributed by atoms with Gasteiger partial charge >= 0.3 is 0 Å². The van der Waals surface area contributed by atoms with Crippen LogP contribution in [0.1, 0.15) is 57.8 Å². The molecule has 0 radical (unpaired) electrons. The van der Waals surface area contributed by atoms with Crippen molar-refractivity contribution in [2.45, 2.75) is 71.9 Å². The van der Waals surface area contributed by atoms with Crippen LogP contribution in [0.5, 0.6) is 0 Å². The Morgan fingerprint density at radius 2 is 2.06 bits per heavy atom. The molecule has 2 rings (SSSR count). The van der Waals surface area contributed by atoms with Gasteiger partial charge in [-0.2, -0.15) is 5.10 Å². The summed E-state index contributed by atoms with van der Waals surface area (Å²) in [4.78, 5) is 0. The summed E-state index contributed by atoms with van der Waals surface area (Å²) in [5, 5.41) is 15.1. The van der Waals surface area contributed by atoms with E-state index in [9.17, 15) is 5.11 Å². The van der Waals surface area contributed by atoms with Gasteiger partial charge in [-0.15, -0.1) is 0 Å². The molecule has 1 atom stereocenters. The lowest BCUT2D eigenvalue weighted by Gasteiger charge is -2.30. The molecule has 0 saturated heterocycles. The smallest absolute Gasteiger partial charge is 0.0649 e. The number of aromatic nitrogens is 2. The molecule has 18 heavy (non-hydrogen) atoms. The number of nitrogens with zero attached hydrogens (tertiary/aromatic N) is 2. The van der Waals surface area contributed by atoms with E-state index in [1.807, 2.05) is 4.68 Å². The molecule has 1 aromatic rings. The average Bonchev–Trinajstić information content (AvgIpc) is 2.96. The molecule has 0 aromatic carbocycles. The minimum atomic E-state index is -0.230. The molecule has 1 aliphatic carbocycles. The molecule has 1 aromatic heterocycles. The van der Waals surface area contributed by atoms with Crippen LogP contribution in [0.4, 0.5) is 0 Å². The van der Waals surface area contributed by atoms with E-state index >= 15 is 0 Å². The van der Waals surface area contributed by atoms with Gasteiger partial charge in [0.2, 0.25) is 0 Å². The molecule has 1 aliphatic rings. The molecule has 0 bridgehead atoms. The minimum absolute atomic E-state index is 0.120. The van der Waals surface area contributed by atoms with Gasteiger partial charge in [-0.1, -0.05) is 26.7 Å². The van der Waals surface area contributed by atoms with E-state index in [4.69, 9.17) is 0 Å². The van der Waals surface area contributed by atoms with Crippen LogP contribution in [0.15, 0.2) is 6.07 Å². The highest BCUT2D eigenvalue weighted by molar-refractivity contribution is 5.12. The maximum Gasteiger partial charge on any atom is 0.0649 e. The van der Waals surface area contributed by atoms with E-state index in [0.29, 0.717) is 0 Å². The van der Waals surface area contributed by atoms with Crippen molar-refractivity contribution >= 4 is 0 Å². The first-order valence-corrected chi connectivity index (χ1v) is 7.32. The van der Waals surface area contributed by atoms with Crippen LogP contribution in [-0.2, 0) is 19.4 Å². The van der Waals surface area contributed by atoms with Gasteiger partial charge in [0.25, 0.3) is 0 Å². The Hall–Kier alpha value is -0.830. The van der Waals surface area contributed by atoms with Crippen molar-refractivity contribution in [3.63, 3.8) is 0 Å². The summed E-state index contributed by atoms with van der Waals surface area (Å²) in [7, 11) is 0. The molecule has 0 spiro atoms. The SMILES string of the molecule is CCc1cc(CC(O)C2(C)CCCC2)n(CC)n1. The highest BCUT2D eigenvalue weighted by Gasteiger charge is 2.36. The van der Waals surface area contributed by atoms with Gasteiger partial charge in [-0.25, -0.2) is 0 Å². The van der Waals surface area contributed by atoms with E-state index in [1.54, 1.807) is 0 Å². The monoisotopic (exact) mass is 250 g/mol. The molecular weight excluding hydrogens is 224 g/mol. The van der Waals surface area contributed by atoms with E-state index in [2.05, 4.69) is 31.9 Å². The van der Waals surface area contributed by atoms with Crippen molar-refractivity contribution < 1.29 is 5.11 Å². The minimum Gasteiger partial charge on any atom is -0.392 e. The van der Waals surface area contributed by atoms with Gasteiger partial charge in [0, 0.05) is 18.7 Å². The third-order valence-corrected chi connectivity index (χ3v) is 4.53. The van der Waals surface area contributed by atoms with E-state index in [1.165, 1.54) is 18.5 Å². The lowest BCUT2D eigenvalue weighted by molar-refractivity contribution is 0.0408. The lowest BCUT2D eigenvalue weighted by atomic mass is 9.80. The molecule has 1 heterocycles. The quantitative estimate of drug-likeness (QED) is 0.872. The molecule has 102 valence electrons. The Labute approximate surface area is 110 Å². The van der Waals surface area contributed by atoms with Gasteiger partial charge in [0.1, 0.15) is 0 Å². The van der Waals surface area contributed by atoms with E-state index in [0.717, 1.165) is 37.9 Å². The molecule has 1 saturated carbocycles. The van der Waals surface area contributed by atoms with Crippen molar-refractivity contribution in [3.05, 3.63) is 17.5 Å². The maximum absolute atomic E-state index is 10.5. The fourth-order valence-electron chi connectivity index (χ4n) is 3.09. The summed E-state index contributed by atoms with van der Waals surface area (Å²) in [6.07, 6.45) is 6.34. The summed E-state index contributed by atoms with van der Waals surface area (Å²) in [5.74, 6) is 0. The van der Waals surface area contributed by atoms with Crippen LogP contribution in [0.3, 0.4) is 0 Å². The second-order valence-corrected chi connectivity index (χ2v) is 5.88. The number of hydrogen-bond acceptors (Lipinski definition) is 2. The van der Waals surface area contributed by atoms with Crippen molar-refractivity contribution in [2.24, 2.45) is 5.41 Å². The van der Waals surface area contributed by atoms with Crippen molar-refractivity contribution in [2.75, 3.05) is 0 Å². The number of aliphatic hydroxyl groups excluding tert-OH is 1. The summed E-state index contributed by atoms with van der Waals surface area (Å²) >= 11 is 0. The predicted octanol–water partition coefficient (Wildman–Crippen LogP) is 2.95. The molecule has 0 amide bonds. The average molecular weight is 250 g/mol. The van der Waals surface area contributed by atoms with Crippen LogP contribution in [0.2, 0.25) is 0 Å². The molecule has 3 heteroatoms. The number of aryl methyl sites for hydroxylation is 2. The second-order valence-electron chi connectivity index (χ2n) is 5.88. The molecule has 3 nitrogen and oxygen atoms in total. The zero-order chi connectivity index (χ0) is 13.2. The molecule has 1 N–H and O–H groups in total. The summed E-state index contributed by atoms with van der Waals surface area (Å²) in [5.41, 5.74) is 2.44. The van der Waals surface area contributed by atoms with Crippen molar-refractivity contribution in [1.29, 1.82) is 0 Å². The van der Waals surface area contributed by atoms with E-state index in [-0.39, 0.29) is 11.5 Å². The normalized spacial score (nSPS) is 20.2. The van der Waals surface area contributed by atoms with Crippen molar-refractivity contribution in [1.82, 2.24) is 9.78 Å². The Bertz CT molecular complexity index is 391. The first-order chi connectivity index (χ1) is 8.59. The van der Waals surface area contributed by atoms with Crippen LogP contribution < -0.4 is 0 Å². The van der Waals surface area contributed by atoms with Gasteiger partial charge < -0.3 is 5.11 Å². The van der Waals surface area contributed by atoms with Crippen LogP contribution >= 0.6 is 0 Å². The highest BCUT2D eigenvalue weighted by Crippen LogP contribution is 2.41. The van der Waals surface area contributed by atoms with Gasteiger partial charge in [-0.05, 0) is 37.7 Å². The van der Waals surface area contributed by atoms with Crippen molar-refractivity contribution in [3.8, 4) is 0 Å². The molecule has 1 unspecified atom stereocenters. The molecule has 0 aliphatic heterocycles. The Morgan fingerprint density at radius 1 is 1.39 bits per heavy atom. The first kappa shape index (κ1) is 13.6. The zero-order valence-corrected chi connectivity index (χ0v) is 11.9. The maximum atomic E-state index is 10.5. The fourth-order valence-corrected chi connectivity index (χ4v) is 3.09. The number of aliphatic hydroxyl groups is 1. The lowest BCUT2D eigenvalue weighted by Crippen LogP contribution is -2.32. The van der Waals surface area contributed by atoms with Gasteiger partial charge in [-0.3, -0.25) is 4.68 Å². The zero-order valence-electron chi connectivity index (χ0n) is 11.9. The number of rotatable bonds is 5. The van der Waals surface area contributed by atoms with Crippen LogP contribution in [0.25, 0.3) is 0 Å². The standard InChI is InChI=1S/C15H26N2O/c1-4-12-10-13(17(5-2)16-12)11-14(18)15(3)8-6-7-9-15/h10,14,18H,4-9,11H2,1-3H3. The predicted molar refractivity (Wildman–Crippen MR) is 73.6 cm³/mol. The second kappa shape index (κ2) is 5.43. The summed E-state index contributed by atoms with van der Waals surface area (Å²) < 4.78 is 2.04. The van der Waals surface area contributed by atoms with Gasteiger partial charge in [0.05, 0.1) is 11.8 Å². The fraction of sp³-hybridized carbons (Fsp3) is 0.800. The van der Waals surface area contributed by atoms with E-state index < -0.39 is 0 Å². The Balaban J connectivity index is 2.10. The van der Waals surface area contributed by atoms with Crippen LogP contribution in [-0.4, -0.2) is 21.0 Å². The topological polar surface area (TPSA) is 38.0 Å². The van der Waals surface area contributed by atoms with Crippen LogP contribution in [0, 0.1) is 5.41 Å². The molecular formula is C15H26N2O. The largest absolute Gasteiger partial charge is 0.392 e. The Kier molecular flexibility index (Phi) is 4.10. The molecule has 1 fully saturated rings. The highest BCUT2D eigenvalue weighted by atomic mass is 16.3.